The summed E-state index contributed by atoms with van der Waals surface area (Å²) in [5.41, 5.74) is 2.24. The van der Waals surface area contributed by atoms with Gasteiger partial charge < -0.3 is 9.80 Å². The van der Waals surface area contributed by atoms with Gasteiger partial charge in [0.05, 0.1) is 11.5 Å². The first-order valence-electron chi connectivity index (χ1n) is 9.36. The zero-order chi connectivity index (χ0) is 19.3. The van der Waals surface area contributed by atoms with Crippen LogP contribution in [-0.4, -0.2) is 56.2 Å². The third-order valence-corrected chi connectivity index (χ3v) is 7.48. The molecular weight excluding hydrogens is 392 g/mol. The normalized spacial score (nSPS) is 22.3. The van der Waals surface area contributed by atoms with Crippen LogP contribution in [0.5, 0.6) is 0 Å². The predicted octanol–water partition coefficient (Wildman–Crippen LogP) is 3.11. The fourth-order valence-corrected chi connectivity index (χ4v) is 6.00. The van der Waals surface area contributed by atoms with Crippen molar-refractivity contribution < 1.29 is 9.59 Å². The molecule has 0 spiro atoms. The molecule has 2 aliphatic heterocycles. The van der Waals surface area contributed by atoms with E-state index in [-0.39, 0.29) is 22.6 Å². The summed E-state index contributed by atoms with van der Waals surface area (Å²) in [6.07, 6.45) is 8.84. The standard InChI is InChI=1S/C20H22N4O2S2/c25-17-13-27-19(15-3-7-21-8-4-15)23(17)11-1-2-12-24-18(26)14-28-20(24)16-5-9-22-10-6-16/h3-10,19-20H,1-2,11-14H2. The lowest BCUT2D eigenvalue weighted by Crippen LogP contribution is -2.32. The van der Waals surface area contributed by atoms with Crippen molar-refractivity contribution in [2.75, 3.05) is 24.6 Å². The van der Waals surface area contributed by atoms with E-state index < -0.39 is 0 Å². The van der Waals surface area contributed by atoms with Gasteiger partial charge in [-0.15, -0.1) is 23.5 Å². The molecule has 0 aliphatic carbocycles. The highest BCUT2D eigenvalue weighted by Gasteiger charge is 2.34. The van der Waals surface area contributed by atoms with Gasteiger partial charge in [0, 0.05) is 37.9 Å². The number of pyridine rings is 2. The van der Waals surface area contributed by atoms with Crippen LogP contribution in [0.2, 0.25) is 0 Å². The van der Waals surface area contributed by atoms with E-state index in [0.717, 1.165) is 24.0 Å². The number of thioether (sulfide) groups is 2. The van der Waals surface area contributed by atoms with Gasteiger partial charge in [-0.3, -0.25) is 19.6 Å². The summed E-state index contributed by atoms with van der Waals surface area (Å²) in [5, 5.41) is 0.146. The molecule has 2 unspecified atom stereocenters. The SMILES string of the molecule is O=C1CSC(c2ccncc2)N1CCCCN1C(=O)CSC1c1ccncc1. The molecule has 0 bridgehead atoms. The maximum atomic E-state index is 12.3. The minimum absolute atomic E-state index is 0.0732. The molecule has 2 aromatic rings. The summed E-state index contributed by atoms with van der Waals surface area (Å²) in [6, 6.07) is 7.90. The number of amides is 2. The van der Waals surface area contributed by atoms with E-state index in [1.54, 1.807) is 48.3 Å². The van der Waals surface area contributed by atoms with Crippen LogP contribution in [0.25, 0.3) is 0 Å². The van der Waals surface area contributed by atoms with Crippen molar-refractivity contribution in [3.8, 4) is 0 Å². The van der Waals surface area contributed by atoms with Gasteiger partial charge in [0.2, 0.25) is 11.8 Å². The number of hydrogen-bond donors (Lipinski definition) is 0. The molecule has 2 fully saturated rings. The van der Waals surface area contributed by atoms with Gasteiger partial charge in [-0.05, 0) is 48.2 Å². The van der Waals surface area contributed by atoms with E-state index in [0.29, 0.717) is 24.6 Å². The van der Waals surface area contributed by atoms with Crippen LogP contribution in [-0.2, 0) is 9.59 Å². The lowest BCUT2D eigenvalue weighted by Gasteiger charge is -2.26. The van der Waals surface area contributed by atoms with Crippen molar-refractivity contribution in [1.29, 1.82) is 0 Å². The maximum Gasteiger partial charge on any atom is 0.233 e. The first-order chi connectivity index (χ1) is 13.7. The van der Waals surface area contributed by atoms with Crippen molar-refractivity contribution in [2.45, 2.75) is 23.6 Å². The molecule has 2 aliphatic rings. The number of rotatable bonds is 7. The van der Waals surface area contributed by atoms with Crippen LogP contribution < -0.4 is 0 Å². The van der Waals surface area contributed by atoms with Crippen molar-refractivity contribution in [3.05, 3.63) is 60.2 Å². The van der Waals surface area contributed by atoms with Crippen LogP contribution in [0, 0.1) is 0 Å². The van der Waals surface area contributed by atoms with Gasteiger partial charge in [-0.1, -0.05) is 0 Å². The van der Waals surface area contributed by atoms with Gasteiger partial charge in [-0.25, -0.2) is 0 Å². The molecule has 2 amide bonds. The summed E-state index contributed by atoms with van der Waals surface area (Å²) in [4.78, 5) is 36.7. The second-order valence-corrected chi connectivity index (χ2v) is 8.91. The predicted molar refractivity (Wildman–Crippen MR) is 112 cm³/mol. The Balaban J connectivity index is 1.32. The molecular formula is C20H22N4O2S2. The summed E-state index contributed by atoms with van der Waals surface area (Å²) in [5.74, 6) is 1.43. The summed E-state index contributed by atoms with van der Waals surface area (Å²) in [7, 11) is 0. The van der Waals surface area contributed by atoms with E-state index in [1.807, 2.05) is 34.1 Å². The third-order valence-electron chi connectivity index (χ3n) is 4.97. The van der Waals surface area contributed by atoms with E-state index in [1.165, 1.54) is 0 Å². The quantitative estimate of drug-likeness (QED) is 0.649. The smallest absolute Gasteiger partial charge is 0.233 e. The Kier molecular flexibility index (Phi) is 6.17. The van der Waals surface area contributed by atoms with Gasteiger partial charge in [0.25, 0.3) is 0 Å². The Hall–Kier alpha value is -2.06. The minimum atomic E-state index is 0.0732. The van der Waals surface area contributed by atoms with Crippen molar-refractivity contribution in [1.82, 2.24) is 19.8 Å². The highest BCUT2D eigenvalue weighted by atomic mass is 32.2. The topological polar surface area (TPSA) is 66.4 Å². The molecule has 0 saturated carbocycles. The Morgan fingerprint density at radius 1 is 0.750 bits per heavy atom. The highest BCUT2D eigenvalue weighted by Crippen LogP contribution is 2.39. The average Bonchev–Trinajstić information content (AvgIpc) is 3.29. The maximum absolute atomic E-state index is 12.3. The molecule has 2 saturated heterocycles. The summed E-state index contributed by atoms with van der Waals surface area (Å²) in [6.45, 7) is 1.43. The Morgan fingerprint density at radius 2 is 1.14 bits per heavy atom. The number of nitrogens with zero attached hydrogens (tertiary/aromatic N) is 4. The van der Waals surface area contributed by atoms with Gasteiger partial charge >= 0.3 is 0 Å². The van der Waals surface area contributed by atoms with E-state index in [2.05, 4.69) is 9.97 Å². The molecule has 28 heavy (non-hydrogen) atoms. The molecule has 2 atom stereocenters. The average molecular weight is 415 g/mol. The molecule has 146 valence electrons. The Bertz CT molecular complexity index is 752. The minimum Gasteiger partial charge on any atom is -0.326 e. The summed E-state index contributed by atoms with van der Waals surface area (Å²) >= 11 is 3.34. The van der Waals surface area contributed by atoms with Gasteiger partial charge in [0.1, 0.15) is 10.7 Å². The molecule has 4 rings (SSSR count). The number of hydrogen-bond acceptors (Lipinski definition) is 6. The number of carbonyl (C=O) groups excluding carboxylic acids is 2. The third kappa shape index (κ3) is 4.17. The zero-order valence-corrected chi connectivity index (χ0v) is 17.1. The number of aromatic nitrogens is 2. The monoisotopic (exact) mass is 414 g/mol. The molecule has 8 heteroatoms. The number of carbonyl (C=O) groups is 2. The van der Waals surface area contributed by atoms with Gasteiger partial charge in [-0.2, -0.15) is 0 Å². The van der Waals surface area contributed by atoms with E-state index in [4.69, 9.17) is 0 Å². The fraction of sp³-hybridized carbons (Fsp3) is 0.400. The van der Waals surface area contributed by atoms with Crippen LogP contribution in [0.3, 0.4) is 0 Å². The van der Waals surface area contributed by atoms with Crippen LogP contribution in [0.15, 0.2) is 49.1 Å². The lowest BCUT2D eigenvalue weighted by molar-refractivity contribution is -0.129. The van der Waals surface area contributed by atoms with Crippen LogP contribution in [0.1, 0.15) is 34.7 Å². The molecule has 0 radical (unpaired) electrons. The van der Waals surface area contributed by atoms with E-state index >= 15 is 0 Å². The second-order valence-electron chi connectivity index (χ2n) is 6.77. The van der Waals surface area contributed by atoms with E-state index in [9.17, 15) is 9.59 Å². The van der Waals surface area contributed by atoms with Crippen molar-refractivity contribution >= 4 is 35.3 Å². The zero-order valence-electron chi connectivity index (χ0n) is 15.4. The molecule has 4 heterocycles. The van der Waals surface area contributed by atoms with Gasteiger partial charge in [0.15, 0.2) is 0 Å². The van der Waals surface area contributed by atoms with Crippen molar-refractivity contribution in [3.63, 3.8) is 0 Å². The molecule has 0 aromatic carbocycles. The molecule has 6 nitrogen and oxygen atoms in total. The van der Waals surface area contributed by atoms with Crippen LogP contribution in [0.4, 0.5) is 0 Å². The first-order valence-corrected chi connectivity index (χ1v) is 11.5. The largest absolute Gasteiger partial charge is 0.326 e. The summed E-state index contributed by atoms with van der Waals surface area (Å²) < 4.78 is 0. The van der Waals surface area contributed by atoms with Crippen LogP contribution >= 0.6 is 23.5 Å². The second kappa shape index (κ2) is 8.96. The lowest BCUT2D eigenvalue weighted by atomic mass is 10.2. The Labute approximate surface area is 173 Å². The number of unbranched alkanes of at least 4 members (excludes halogenated alkanes) is 1. The Morgan fingerprint density at radius 3 is 1.54 bits per heavy atom. The highest BCUT2D eigenvalue weighted by molar-refractivity contribution is 8.00. The molecule has 2 aromatic heterocycles. The van der Waals surface area contributed by atoms with Crippen molar-refractivity contribution in [2.24, 2.45) is 0 Å². The first kappa shape index (κ1) is 19.3. The fourth-order valence-electron chi connectivity index (χ4n) is 3.56. The molecule has 0 N–H and O–H groups in total.